The third kappa shape index (κ3) is 2.95. The normalized spacial score (nSPS) is 21.2. The maximum atomic E-state index is 13.1. The summed E-state index contributed by atoms with van der Waals surface area (Å²) in [7, 11) is 0. The summed E-state index contributed by atoms with van der Waals surface area (Å²) in [5, 5.41) is 17.8. The SMILES string of the molecule is CC1(C)CC(=O)C2=C(C1)Nc1c(O)cccc1NC2c1ccc(Cl)cc1. The minimum absolute atomic E-state index is 0.123. The van der Waals surface area contributed by atoms with Crippen LogP contribution in [0.4, 0.5) is 11.4 Å². The van der Waals surface area contributed by atoms with Crippen molar-refractivity contribution < 1.29 is 9.90 Å². The molecule has 0 radical (unpaired) electrons. The van der Waals surface area contributed by atoms with Gasteiger partial charge >= 0.3 is 0 Å². The van der Waals surface area contributed by atoms with Crippen LogP contribution >= 0.6 is 11.6 Å². The lowest BCUT2D eigenvalue weighted by Crippen LogP contribution is -2.31. The summed E-state index contributed by atoms with van der Waals surface area (Å²) in [6.45, 7) is 4.19. The van der Waals surface area contributed by atoms with Gasteiger partial charge in [-0.3, -0.25) is 4.79 Å². The molecule has 1 heterocycles. The van der Waals surface area contributed by atoms with Gasteiger partial charge in [-0.25, -0.2) is 0 Å². The van der Waals surface area contributed by atoms with E-state index in [1.807, 2.05) is 30.3 Å². The van der Waals surface area contributed by atoms with E-state index in [2.05, 4.69) is 24.5 Å². The Kier molecular flexibility index (Phi) is 3.96. The molecule has 134 valence electrons. The lowest BCUT2D eigenvalue weighted by atomic mass is 9.73. The van der Waals surface area contributed by atoms with Crippen molar-refractivity contribution in [2.24, 2.45) is 5.41 Å². The van der Waals surface area contributed by atoms with Crippen LogP contribution in [0.25, 0.3) is 0 Å². The van der Waals surface area contributed by atoms with Crippen molar-refractivity contribution in [3.05, 3.63) is 64.3 Å². The van der Waals surface area contributed by atoms with E-state index < -0.39 is 0 Å². The number of allylic oxidation sites excluding steroid dienone is 1. The van der Waals surface area contributed by atoms with E-state index in [-0.39, 0.29) is 23.0 Å². The highest BCUT2D eigenvalue weighted by Gasteiger charge is 2.39. The summed E-state index contributed by atoms with van der Waals surface area (Å²) in [5.41, 5.74) is 3.84. The number of Topliss-reactive ketones (excluding diaryl/α,β-unsaturated/α-hetero) is 1. The average Bonchev–Trinajstić information content (AvgIpc) is 2.72. The van der Waals surface area contributed by atoms with Gasteiger partial charge in [0.25, 0.3) is 0 Å². The number of aromatic hydroxyl groups is 1. The number of ketones is 1. The van der Waals surface area contributed by atoms with Gasteiger partial charge in [-0.1, -0.05) is 43.6 Å². The molecule has 1 aliphatic carbocycles. The van der Waals surface area contributed by atoms with Gasteiger partial charge < -0.3 is 15.7 Å². The van der Waals surface area contributed by atoms with Gasteiger partial charge in [0.1, 0.15) is 11.4 Å². The van der Waals surface area contributed by atoms with Gasteiger partial charge in [0.15, 0.2) is 5.78 Å². The van der Waals surface area contributed by atoms with Crippen molar-refractivity contribution in [3.63, 3.8) is 0 Å². The molecule has 2 aliphatic rings. The average molecular weight is 369 g/mol. The zero-order chi connectivity index (χ0) is 18.5. The number of rotatable bonds is 1. The molecule has 0 saturated carbocycles. The van der Waals surface area contributed by atoms with Gasteiger partial charge in [-0.2, -0.15) is 0 Å². The molecule has 0 spiro atoms. The molecule has 2 aromatic carbocycles. The van der Waals surface area contributed by atoms with Crippen molar-refractivity contribution in [2.75, 3.05) is 10.6 Å². The molecule has 1 unspecified atom stereocenters. The summed E-state index contributed by atoms with van der Waals surface area (Å²) in [6.07, 6.45) is 1.25. The Labute approximate surface area is 157 Å². The first-order valence-electron chi connectivity index (χ1n) is 8.71. The van der Waals surface area contributed by atoms with Crippen LogP contribution in [0.2, 0.25) is 5.02 Å². The van der Waals surface area contributed by atoms with E-state index >= 15 is 0 Å². The fraction of sp³-hybridized carbons (Fsp3) is 0.286. The molecule has 0 aromatic heterocycles. The van der Waals surface area contributed by atoms with Crippen LogP contribution < -0.4 is 10.6 Å². The molecule has 4 nitrogen and oxygen atoms in total. The minimum atomic E-state index is -0.290. The van der Waals surface area contributed by atoms with Crippen LogP contribution in [0, 0.1) is 5.41 Å². The van der Waals surface area contributed by atoms with Gasteiger partial charge in [0, 0.05) is 22.7 Å². The quantitative estimate of drug-likeness (QED) is 0.600. The number of fused-ring (bicyclic) bond motifs is 1. The number of halogens is 1. The summed E-state index contributed by atoms with van der Waals surface area (Å²) in [4.78, 5) is 13.1. The van der Waals surface area contributed by atoms with Crippen molar-refractivity contribution in [2.45, 2.75) is 32.7 Å². The molecule has 5 heteroatoms. The van der Waals surface area contributed by atoms with Crippen molar-refractivity contribution in [3.8, 4) is 5.75 Å². The fourth-order valence-corrected chi connectivity index (χ4v) is 3.98. The summed E-state index contributed by atoms with van der Waals surface area (Å²) in [6, 6.07) is 12.6. The molecule has 0 amide bonds. The van der Waals surface area contributed by atoms with Crippen molar-refractivity contribution >= 4 is 28.8 Å². The second-order valence-electron chi connectivity index (χ2n) is 7.79. The number of nitrogens with one attached hydrogen (secondary N) is 2. The Morgan fingerprint density at radius 2 is 1.85 bits per heavy atom. The van der Waals surface area contributed by atoms with Crippen LogP contribution in [0.15, 0.2) is 53.7 Å². The summed E-state index contributed by atoms with van der Waals surface area (Å²) < 4.78 is 0. The molecule has 1 atom stereocenters. The number of hydrogen-bond acceptors (Lipinski definition) is 4. The molecule has 1 aliphatic heterocycles. The van der Waals surface area contributed by atoms with Gasteiger partial charge in [0.2, 0.25) is 0 Å². The first-order valence-corrected chi connectivity index (χ1v) is 9.09. The lowest BCUT2D eigenvalue weighted by molar-refractivity contribution is -0.118. The highest BCUT2D eigenvalue weighted by molar-refractivity contribution is 6.30. The van der Waals surface area contributed by atoms with E-state index in [0.29, 0.717) is 17.1 Å². The van der Waals surface area contributed by atoms with E-state index in [0.717, 1.165) is 28.9 Å². The second-order valence-corrected chi connectivity index (χ2v) is 8.22. The van der Waals surface area contributed by atoms with Crippen molar-refractivity contribution in [1.29, 1.82) is 0 Å². The van der Waals surface area contributed by atoms with E-state index in [1.165, 1.54) is 0 Å². The van der Waals surface area contributed by atoms with Crippen LogP contribution in [0.3, 0.4) is 0 Å². The number of carbonyl (C=O) groups excluding carboxylic acids is 1. The lowest BCUT2D eigenvalue weighted by Gasteiger charge is -2.34. The number of para-hydroxylation sites is 1. The first kappa shape index (κ1) is 17.0. The number of anilines is 2. The fourth-order valence-electron chi connectivity index (χ4n) is 3.86. The summed E-state index contributed by atoms with van der Waals surface area (Å²) in [5.74, 6) is 0.290. The maximum Gasteiger partial charge on any atom is 0.163 e. The highest BCUT2D eigenvalue weighted by atomic mass is 35.5. The molecule has 0 saturated heterocycles. The number of hydrogen-bond donors (Lipinski definition) is 3. The topological polar surface area (TPSA) is 61.4 Å². The Morgan fingerprint density at radius 1 is 1.12 bits per heavy atom. The predicted molar refractivity (Wildman–Crippen MR) is 105 cm³/mol. The standard InChI is InChI=1S/C21H21ClN2O2/c1-21(2)10-15-18(17(26)11-21)19(12-6-8-13(22)9-7-12)23-14-4-3-5-16(25)20(14)24-15/h3-9,19,23-25H,10-11H2,1-2H3. The molecule has 4 rings (SSSR count). The molecule has 26 heavy (non-hydrogen) atoms. The number of phenolic OH excluding ortho intramolecular Hbond substituents is 1. The number of benzene rings is 2. The Hall–Kier alpha value is -2.46. The Balaban J connectivity index is 1.90. The Bertz CT molecular complexity index is 916. The van der Waals surface area contributed by atoms with Gasteiger partial charge in [-0.05, 0) is 41.7 Å². The third-order valence-electron chi connectivity index (χ3n) is 5.03. The first-order chi connectivity index (χ1) is 12.3. The molecule has 0 fully saturated rings. The van der Waals surface area contributed by atoms with Crippen LogP contribution in [-0.2, 0) is 4.79 Å². The number of carbonyl (C=O) groups is 1. The minimum Gasteiger partial charge on any atom is -0.506 e. The molecular formula is C21H21ClN2O2. The monoisotopic (exact) mass is 368 g/mol. The zero-order valence-electron chi connectivity index (χ0n) is 14.8. The largest absolute Gasteiger partial charge is 0.506 e. The van der Waals surface area contributed by atoms with Gasteiger partial charge in [0.05, 0.1) is 11.7 Å². The Morgan fingerprint density at radius 3 is 2.58 bits per heavy atom. The van der Waals surface area contributed by atoms with Crippen molar-refractivity contribution in [1.82, 2.24) is 0 Å². The van der Waals surface area contributed by atoms with E-state index in [4.69, 9.17) is 11.6 Å². The smallest absolute Gasteiger partial charge is 0.163 e. The third-order valence-corrected chi connectivity index (χ3v) is 5.28. The zero-order valence-corrected chi connectivity index (χ0v) is 15.5. The molecule has 2 aromatic rings. The summed E-state index contributed by atoms with van der Waals surface area (Å²) >= 11 is 6.04. The maximum absolute atomic E-state index is 13.1. The highest BCUT2D eigenvalue weighted by Crippen LogP contribution is 2.47. The number of phenols is 1. The van der Waals surface area contributed by atoms with Gasteiger partial charge in [-0.15, -0.1) is 0 Å². The molecule has 0 bridgehead atoms. The van der Waals surface area contributed by atoms with Crippen LogP contribution in [-0.4, -0.2) is 10.9 Å². The molecule has 3 N–H and O–H groups in total. The second kappa shape index (κ2) is 6.06. The predicted octanol–water partition coefficient (Wildman–Crippen LogP) is 5.27. The van der Waals surface area contributed by atoms with Crippen LogP contribution in [0.1, 0.15) is 38.3 Å². The van der Waals surface area contributed by atoms with E-state index in [9.17, 15) is 9.90 Å². The molecular weight excluding hydrogens is 348 g/mol. The van der Waals surface area contributed by atoms with Crippen LogP contribution in [0.5, 0.6) is 5.75 Å². The van der Waals surface area contributed by atoms with E-state index in [1.54, 1.807) is 12.1 Å².